The normalized spacial score (nSPS) is 12.5. The van der Waals surface area contributed by atoms with E-state index >= 15 is 0 Å². The average molecular weight is 238 g/mol. The molecule has 1 heterocycles. The predicted molar refractivity (Wildman–Crippen MR) is 68.0 cm³/mol. The summed E-state index contributed by atoms with van der Waals surface area (Å²) in [6.45, 7) is 5.68. The summed E-state index contributed by atoms with van der Waals surface area (Å²) in [4.78, 5) is 12.0. The van der Waals surface area contributed by atoms with E-state index < -0.39 is 0 Å². The van der Waals surface area contributed by atoms with Gasteiger partial charge in [-0.1, -0.05) is 13.8 Å². The quantitative estimate of drug-likeness (QED) is 0.761. The SMILES string of the molecule is CCc1nn(C)cc1C(=O)NCC(C)CNC. The molecule has 0 aliphatic heterocycles. The molecular weight excluding hydrogens is 216 g/mol. The van der Waals surface area contributed by atoms with Crippen molar-refractivity contribution in [1.82, 2.24) is 20.4 Å². The monoisotopic (exact) mass is 238 g/mol. The van der Waals surface area contributed by atoms with Gasteiger partial charge in [0.15, 0.2) is 0 Å². The minimum Gasteiger partial charge on any atom is -0.352 e. The number of hydrogen-bond donors (Lipinski definition) is 2. The number of hydrogen-bond acceptors (Lipinski definition) is 3. The van der Waals surface area contributed by atoms with Crippen LogP contribution in [0.3, 0.4) is 0 Å². The van der Waals surface area contributed by atoms with Crippen molar-refractivity contribution >= 4 is 5.91 Å². The van der Waals surface area contributed by atoms with E-state index in [0.29, 0.717) is 18.0 Å². The van der Waals surface area contributed by atoms with Crippen LogP contribution in [-0.2, 0) is 13.5 Å². The number of amides is 1. The molecule has 96 valence electrons. The molecule has 5 nitrogen and oxygen atoms in total. The van der Waals surface area contributed by atoms with Gasteiger partial charge in [0.2, 0.25) is 0 Å². The average Bonchev–Trinajstić information content (AvgIpc) is 2.68. The number of carbonyl (C=O) groups excluding carboxylic acids is 1. The van der Waals surface area contributed by atoms with Gasteiger partial charge in [0, 0.05) is 19.8 Å². The van der Waals surface area contributed by atoms with E-state index in [-0.39, 0.29) is 5.91 Å². The molecule has 1 aromatic rings. The minimum absolute atomic E-state index is 0.0297. The number of aromatic nitrogens is 2. The van der Waals surface area contributed by atoms with Crippen LogP contribution < -0.4 is 10.6 Å². The van der Waals surface area contributed by atoms with Gasteiger partial charge in [-0.2, -0.15) is 5.10 Å². The summed E-state index contributed by atoms with van der Waals surface area (Å²) in [6, 6.07) is 0. The van der Waals surface area contributed by atoms with Gasteiger partial charge < -0.3 is 10.6 Å². The molecule has 1 atom stereocenters. The van der Waals surface area contributed by atoms with Crippen molar-refractivity contribution in [1.29, 1.82) is 0 Å². The van der Waals surface area contributed by atoms with Crippen LogP contribution in [0.2, 0.25) is 0 Å². The van der Waals surface area contributed by atoms with E-state index in [4.69, 9.17) is 0 Å². The summed E-state index contributed by atoms with van der Waals surface area (Å²) in [6.07, 6.45) is 2.55. The number of rotatable bonds is 6. The Morgan fingerprint density at radius 3 is 2.82 bits per heavy atom. The van der Waals surface area contributed by atoms with Crippen LogP contribution in [0.15, 0.2) is 6.20 Å². The summed E-state index contributed by atoms with van der Waals surface area (Å²) in [5.41, 5.74) is 1.54. The van der Waals surface area contributed by atoms with E-state index in [1.165, 1.54) is 0 Å². The second-order valence-electron chi connectivity index (χ2n) is 4.39. The smallest absolute Gasteiger partial charge is 0.254 e. The molecule has 0 saturated heterocycles. The Hall–Kier alpha value is -1.36. The molecular formula is C12H22N4O. The van der Waals surface area contributed by atoms with Gasteiger partial charge in [-0.15, -0.1) is 0 Å². The van der Waals surface area contributed by atoms with Crippen LogP contribution >= 0.6 is 0 Å². The highest BCUT2D eigenvalue weighted by atomic mass is 16.1. The molecule has 0 fully saturated rings. The maximum Gasteiger partial charge on any atom is 0.254 e. The first-order valence-corrected chi connectivity index (χ1v) is 6.03. The largest absolute Gasteiger partial charge is 0.352 e. The maximum atomic E-state index is 12.0. The van der Waals surface area contributed by atoms with Crippen molar-refractivity contribution in [2.75, 3.05) is 20.1 Å². The van der Waals surface area contributed by atoms with Gasteiger partial charge in [0.05, 0.1) is 11.3 Å². The Morgan fingerprint density at radius 2 is 2.24 bits per heavy atom. The van der Waals surface area contributed by atoms with E-state index in [1.807, 2.05) is 21.0 Å². The third-order valence-electron chi connectivity index (χ3n) is 2.65. The lowest BCUT2D eigenvalue weighted by Crippen LogP contribution is -2.32. The molecule has 0 spiro atoms. The van der Waals surface area contributed by atoms with Crippen molar-refractivity contribution in [3.8, 4) is 0 Å². The summed E-state index contributed by atoms with van der Waals surface area (Å²) >= 11 is 0. The zero-order chi connectivity index (χ0) is 12.8. The van der Waals surface area contributed by atoms with Crippen LogP contribution in [0.4, 0.5) is 0 Å². The molecule has 2 N–H and O–H groups in total. The highest BCUT2D eigenvalue weighted by molar-refractivity contribution is 5.95. The summed E-state index contributed by atoms with van der Waals surface area (Å²) in [7, 11) is 3.74. The second-order valence-corrected chi connectivity index (χ2v) is 4.39. The van der Waals surface area contributed by atoms with Crippen molar-refractivity contribution in [2.24, 2.45) is 13.0 Å². The van der Waals surface area contributed by atoms with Gasteiger partial charge in [-0.05, 0) is 25.9 Å². The molecule has 5 heteroatoms. The first kappa shape index (κ1) is 13.7. The lowest BCUT2D eigenvalue weighted by molar-refractivity contribution is 0.0947. The molecule has 0 radical (unpaired) electrons. The predicted octanol–water partition coefficient (Wildman–Crippen LogP) is 0.568. The van der Waals surface area contributed by atoms with Gasteiger partial charge in [0.1, 0.15) is 0 Å². The van der Waals surface area contributed by atoms with Crippen LogP contribution in [0.1, 0.15) is 29.9 Å². The van der Waals surface area contributed by atoms with Crippen LogP contribution in [0, 0.1) is 5.92 Å². The second kappa shape index (κ2) is 6.39. The Bertz CT molecular complexity index is 373. The molecule has 0 aromatic carbocycles. The number of carbonyl (C=O) groups is 1. The zero-order valence-electron chi connectivity index (χ0n) is 11.1. The first-order valence-electron chi connectivity index (χ1n) is 6.03. The Kier molecular flexibility index (Phi) is 5.15. The highest BCUT2D eigenvalue weighted by Gasteiger charge is 2.14. The van der Waals surface area contributed by atoms with E-state index in [1.54, 1.807) is 10.9 Å². The lowest BCUT2D eigenvalue weighted by Gasteiger charge is -2.11. The van der Waals surface area contributed by atoms with Crippen molar-refractivity contribution in [2.45, 2.75) is 20.3 Å². The van der Waals surface area contributed by atoms with Gasteiger partial charge in [0.25, 0.3) is 5.91 Å². The third kappa shape index (κ3) is 3.85. The molecule has 1 amide bonds. The van der Waals surface area contributed by atoms with E-state index in [9.17, 15) is 4.79 Å². The number of nitrogens with zero attached hydrogens (tertiary/aromatic N) is 2. The third-order valence-corrected chi connectivity index (χ3v) is 2.65. The van der Waals surface area contributed by atoms with Crippen LogP contribution in [-0.4, -0.2) is 35.8 Å². The fraction of sp³-hybridized carbons (Fsp3) is 0.667. The molecule has 1 rings (SSSR count). The highest BCUT2D eigenvalue weighted by Crippen LogP contribution is 2.07. The Balaban J connectivity index is 2.57. The lowest BCUT2D eigenvalue weighted by atomic mass is 10.1. The van der Waals surface area contributed by atoms with Crippen molar-refractivity contribution in [3.63, 3.8) is 0 Å². The number of nitrogens with one attached hydrogen (secondary N) is 2. The minimum atomic E-state index is -0.0297. The first-order chi connectivity index (χ1) is 8.08. The van der Waals surface area contributed by atoms with Crippen LogP contribution in [0.5, 0.6) is 0 Å². The molecule has 0 saturated carbocycles. The maximum absolute atomic E-state index is 12.0. The Morgan fingerprint density at radius 1 is 1.53 bits per heavy atom. The molecule has 1 unspecified atom stereocenters. The van der Waals surface area contributed by atoms with Crippen molar-refractivity contribution < 1.29 is 4.79 Å². The molecule has 0 aliphatic rings. The van der Waals surface area contributed by atoms with Gasteiger partial charge in [-0.3, -0.25) is 9.48 Å². The molecule has 1 aromatic heterocycles. The number of aryl methyl sites for hydroxylation is 2. The van der Waals surface area contributed by atoms with Crippen LogP contribution in [0.25, 0.3) is 0 Å². The van der Waals surface area contributed by atoms with Gasteiger partial charge in [-0.25, -0.2) is 0 Å². The van der Waals surface area contributed by atoms with E-state index in [2.05, 4.69) is 22.7 Å². The van der Waals surface area contributed by atoms with Gasteiger partial charge >= 0.3 is 0 Å². The summed E-state index contributed by atoms with van der Waals surface area (Å²) in [5, 5.41) is 10.3. The molecule has 0 aliphatic carbocycles. The molecule has 0 bridgehead atoms. The molecule has 17 heavy (non-hydrogen) atoms. The Labute approximate surface area is 103 Å². The fourth-order valence-electron chi connectivity index (χ4n) is 1.77. The van der Waals surface area contributed by atoms with Crippen molar-refractivity contribution in [3.05, 3.63) is 17.5 Å². The topological polar surface area (TPSA) is 59.0 Å². The summed E-state index contributed by atoms with van der Waals surface area (Å²) in [5.74, 6) is 0.392. The van der Waals surface area contributed by atoms with E-state index in [0.717, 1.165) is 18.7 Å². The standard InChI is InChI=1S/C12H22N4O/c1-5-11-10(8-16(4)15-11)12(17)14-7-9(2)6-13-3/h8-9,13H,5-7H2,1-4H3,(H,14,17). The summed E-state index contributed by atoms with van der Waals surface area (Å²) < 4.78 is 1.69. The fourth-order valence-corrected chi connectivity index (χ4v) is 1.77. The zero-order valence-corrected chi connectivity index (χ0v) is 11.1.